The maximum absolute atomic E-state index is 12.5. The van der Waals surface area contributed by atoms with E-state index in [-0.39, 0.29) is 12.1 Å². The summed E-state index contributed by atoms with van der Waals surface area (Å²) in [4.78, 5) is 14.3. The number of carbonyl (C=O) groups is 1. The lowest BCUT2D eigenvalue weighted by Gasteiger charge is -2.37. The highest BCUT2D eigenvalue weighted by atomic mass is 32.2. The molecule has 1 aromatic carbocycles. The van der Waals surface area contributed by atoms with Crippen LogP contribution in [0, 0.1) is 12.8 Å². The number of nitrogens with one attached hydrogen (secondary N) is 2. The van der Waals surface area contributed by atoms with Gasteiger partial charge < -0.3 is 10.2 Å². The second-order valence-corrected chi connectivity index (χ2v) is 8.14. The highest BCUT2D eigenvalue weighted by molar-refractivity contribution is 7.92. The van der Waals surface area contributed by atoms with Crippen LogP contribution < -0.4 is 10.0 Å². The molecule has 0 aromatic heterocycles. The number of carbonyl (C=O) groups excluding carboxylic acids is 1. The van der Waals surface area contributed by atoms with Crippen LogP contribution in [0.3, 0.4) is 0 Å². The van der Waals surface area contributed by atoms with Crippen molar-refractivity contribution in [1.29, 1.82) is 0 Å². The predicted octanol–water partition coefficient (Wildman–Crippen LogP) is 3.02. The third-order valence-corrected chi connectivity index (χ3v) is 5.01. The summed E-state index contributed by atoms with van der Waals surface area (Å²) < 4.78 is 25.3. The maximum atomic E-state index is 12.5. The van der Waals surface area contributed by atoms with Gasteiger partial charge >= 0.3 is 6.03 Å². The van der Waals surface area contributed by atoms with Crippen molar-refractivity contribution < 1.29 is 13.2 Å². The second-order valence-electron chi connectivity index (χ2n) is 6.39. The number of hydrogen-bond donors (Lipinski definition) is 2. The molecular formula is C16H25N3O3S. The van der Waals surface area contributed by atoms with Crippen molar-refractivity contribution in [1.82, 2.24) is 4.90 Å². The highest BCUT2D eigenvalue weighted by Crippen LogP contribution is 2.25. The Balaban J connectivity index is 2.13. The molecule has 2 rings (SSSR count). The molecule has 1 aromatic rings. The summed E-state index contributed by atoms with van der Waals surface area (Å²) in [5.74, 6) is 0.481. The van der Waals surface area contributed by atoms with Gasteiger partial charge in [-0.15, -0.1) is 0 Å². The molecule has 0 unspecified atom stereocenters. The smallest absolute Gasteiger partial charge is 0.322 e. The van der Waals surface area contributed by atoms with Crippen molar-refractivity contribution in [2.45, 2.75) is 39.7 Å². The number of sulfonamides is 1. The van der Waals surface area contributed by atoms with Gasteiger partial charge in [0.15, 0.2) is 0 Å². The molecule has 23 heavy (non-hydrogen) atoms. The number of anilines is 2. The number of rotatable bonds is 3. The topological polar surface area (TPSA) is 78.5 Å². The number of likely N-dealkylation sites (tertiary alicyclic amines) is 1. The van der Waals surface area contributed by atoms with Gasteiger partial charge in [0.25, 0.3) is 0 Å². The van der Waals surface area contributed by atoms with Crippen LogP contribution in [-0.4, -0.2) is 38.2 Å². The van der Waals surface area contributed by atoms with Gasteiger partial charge in [-0.05, 0) is 50.3 Å². The largest absolute Gasteiger partial charge is 0.322 e. The lowest BCUT2D eigenvalue weighted by Crippen LogP contribution is -2.47. The van der Waals surface area contributed by atoms with E-state index in [1.54, 1.807) is 18.2 Å². The van der Waals surface area contributed by atoms with Crippen LogP contribution in [0.25, 0.3) is 0 Å². The molecule has 2 N–H and O–H groups in total. The van der Waals surface area contributed by atoms with Crippen molar-refractivity contribution in [3.8, 4) is 0 Å². The van der Waals surface area contributed by atoms with Crippen LogP contribution in [-0.2, 0) is 10.0 Å². The molecule has 1 saturated heterocycles. The van der Waals surface area contributed by atoms with E-state index in [1.165, 1.54) is 0 Å². The Kier molecular flexibility index (Phi) is 5.19. The minimum absolute atomic E-state index is 0.141. The van der Waals surface area contributed by atoms with Gasteiger partial charge in [-0.2, -0.15) is 0 Å². The van der Waals surface area contributed by atoms with E-state index in [1.807, 2.05) is 11.8 Å². The molecule has 1 aliphatic heterocycles. The summed E-state index contributed by atoms with van der Waals surface area (Å²) in [6.07, 6.45) is 3.25. The van der Waals surface area contributed by atoms with Crippen LogP contribution in [0.2, 0.25) is 0 Å². The Morgan fingerprint density at radius 1 is 1.30 bits per heavy atom. The van der Waals surface area contributed by atoms with E-state index in [9.17, 15) is 13.2 Å². The molecule has 7 heteroatoms. The summed E-state index contributed by atoms with van der Waals surface area (Å²) in [5.41, 5.74) is 1.86. The molecule has 128 valence electrons. The average molecular weight is 339 g/mol. The first-order valence-electron chi connectivity index (χ1n) is 7.83. The van der Waals surface area contributed by atoms with Gasteiger partial charge in [0.2, 0.25) is 10.0 Å². The first-order valence-corrected chi connectivity index (χ1v) is 9.72. The van der Waals surface area contributed by atoms with Crippen LogP contribution in [0.5, 0.6) is 0 Å². The normalized spacial score (nSPS) is 21.8. The van der Waals surface area contributed by atoms with Gasteiger partial charge in [-0.25, -0.2) is 13.2 Å². The Bertz CT molecular complexity index is 688. The number of piperidine rings is 1. The van der Waals surface area contributed by atoms with E-state index in [0.29, 0.717) is 17.3 Å². The highest BCUT2D eigenvalue weighted by Gasteiger charge is 2.28. The summed E-state index contributed by atoms with van der Waals surface area (Å²) >= 11 is 0. The van der Waals surface area contributed by atoms with Crippen LogP contribution in [0.15, 0.2) is 18.2 Å². The first kappa shape index (κ1) is 17.6. The lowest BCUT2D eigenvalue weighted by molar-refractivity contribution is 0.139. The minimum Gasteiger partial charge on any atom is -0.322 e. The standard InChI is InChI=1S/C16H25N3O3S/c1-11-6-5-9-19(13(11)3)16(20)17-14-8-7-12(2)15(10-14)18-23(4,21)22/h7-8,10-11,13,18H,5-6,9H2,1-4H3,(H,17,20)/t11-,13-/m0/s1. The molecule has 0 radical (unpaired) electrons. The zero-order valence-electron chi connectivity index (χ0n) is 14.1. The molecule has 1 fully saturated rings. The molecule has 1 aliphatic rings. The molecule has 0 aliphatic carbocycles. The van der Waals surface area contributed by atoms with E-state index >= 15 is 0 Å². The predicted molar refractivity (Wildman–Crippen MR) is 93.2 cm³/mol. The summed E-state index contributed by atoms with van der Waals surface area (Å²) in [6.45, 7) is 6.78. The lowest BCUT2D eigenvalue weighted by atomic mass is 9.92. The minimum atomic E-state index is -3.35. The van der Waals surface area contributed by atoms with Crippen LogP contribution in [0.4, 0.5) is 16.2 Å². The van der Waals surface area contributed by atoms with Crippen molar-refractivity contribution in [3.05, 3.63) is 23.8 Å². The molecular weight excluding hydrogens is 314 g/mol. The third kappa shape index (κ3) is 4.60. The van der Waals surface area contributed by atoms with Crippen molar-refractivity contribution in [2.24, 2.45) is 5.92 Å². The SMILES string of the molecule is Cc1ccc(NC(=O)N2CCC[C@H](C)[C@@H]2C)cc1NS(C)(=O)=O. The number of nitrogens with zero attached hydrogens (tertiary/aromatic N) is 1. The van der Waals surface area contributed by atoms with E-state index in [2.05, 4.69) is 23.9 Å². The van der Waals surface area contributed by atoms with Crippen LogP contribution >= 0.6 is 0 Å². The fourth-order valence-corrected chi connectivity index (χ4v) is 3.45. The molecule has 0 spiro atoms. The number of urea groups is 1. The summed E-state index contributed by atoms with van der Waals surface area (Å²) in [6, 6.07) is 5.26. The molecule has 2 amide bonds. The molecule has 2 atom stereocenters. The fourth-order valence-electron chi connectivity index (χ4n) is 2.83. The van der Waals surface area contributed by atoms with Crippen molar-refractivity contribution in [3.63, 3.8) is 0 Å². The zero-order valence-corrected chi connectivity index (χ0v) is 14.9. The maximum Gasteiger partial charge on any atom is 0.322 e. The Hall–Kier alpha value is -1.76. The second kappa shape index (κ2) is 6.78. The van der Waals surface area contributed by atoms with E-state index in [0.717, 1.165) is 31.2 Å². The van der Waals surface area contributed by atoms with Crippen LogP contribution in [0.1, 0.15) is 32.3 Å². The quantitative estimate of drug-likeness (QED) is 0.888. The Morgan fingerprint density at radius 2 is 2.00 bits per heavy atom. The zero-order chi connectivity index (χ0) is 17.2. The molecule has 6 nitrogen and oxygen atoms in total. The number of hydrogen-bond acceptors (Lipinski definition) is 3. The van der Waals surface area contributed by atoms with Gasteiger partial charge in [-0.1, -0.05) is 13.0 Å². The molecule has 0 saturated carbocycles. The van der Waals surface area contributed by atoms with Gasteiger partial charge in [0.05, 0.1) is 11.9 Å². The van der Waals surface area contributed by atoms with E-state index < -0.39 is 10.0 Å². The number of aryl methyl sites for hydroxylation is 1. The number of benzene rings is 1. The van der Waals surface area contributed by atoms with Gasteiger partial charge in [0.1, 0.15) is 0 Å². The van der Waals surface area contributed by atoms with Gasteiger partial charge in [0, 0.05) is 18.3 Å². The molecule has 0 bridgehead atoms. The Morgan fingerprint density at radius 3 is 2.65 bits per heavy atom. The Labute approximate surface area is 138 Å². The fraction of sp³-hybridized carbons (Fsp3) is 0.562. The monoisotopic (exact) mass is 339 g/mol. The number of amides is 2. The van der Waals surface area contributed by atoms with Crippen molar-refractivity contribution >= 4 is 27.4 Å². The van der Waals surface area contributed by atoms with Gasteiger partial charge in [-0.3, -0.25) is 4.72 Å². The average Bonchev–Trinajstić information content (AvgIpc) is 2.44. The van der Waals surface area contributed by atoms with Crippen molar-refractivity contribution in [2.75, 3.05) is 22.8 Å². The summed E-state index contributed by atoms with van der Waals surface area (Å²) in [5, 5.41) is 2.87. The third-order valence-electron chi connectivity index (χ3n) is 4.42. The van der Waals surface area contributed by atoms with E-state index in [4.69, 9.17) is 0 Å². The first-order chi connectivity index (χ1) is 10.7. The summed E-state index contributed by atoms with van der Waals surface area (Å²) in [7, 11) is -3.35. The molecule has 1 heterocycles.